The number of halogens is 1. The number of hydrogen-bond acceptors (Lipinski definition) is 2. The average Bonchev–Trinajstić information content (AvgIpc) is 2.71. The van der Waals surface area contributed by atoms with Crippen LogP contribution in [0.25, 0.3) is 0 Å². The first-order valence-corrected chi connectivity index (χ1v) is 5.59. The highest BCUT2D eigenvalue weighted by atomic mass is 35.5. The first-order valence-electron chi connectivity index (χ1n) is 5.05. The van der Waals surface area contributed by atoms with Crippen LogP contribution in [0.2, 0.25) is 0 Å². The Morgan fingerprint density at radius 3 is 2.93 bits per heavy atom. The SMILES string of the molecule is ClCc1ccncc1OC1CCCC1. The molecule has 1 aliphatic carbocycles. The molecular weight excluding hydrogens is 198 g/mol. The van der Waals surface area contributed by atoms with Crippen molar-refractivity contribution >= 4 is 11.6 Å². The van der Waals surface area contributed by atoms with Crippen molar-refractivity contribution < 1.29 is 4.74 Å². The van der Waals surface area contributed by atoms with Gasteiger partial charge in [-0.1, -0.05) is 0 Å². The molecule has 0 unspecified atom stereocenters. The molecule has 1 aliphatic rings. The van der Waals surface area contributed by atoms with Gasteiger partial charge in [0.2, 0.25) is 0 Å². The summed E-state index contributed by atoms with van der Waals surface area (Å²) in [6.45, 7) is 0. The van der Waals surface area contributed by atoms with Crippen LogP contribution in [0.15, 0.2) is 18.5 Å². The second-order valence-electron chi connectivity index (χ2n) is 3.64. The molecule has 3 heteroatoms. The molecule has 0 aliphatic heterocycles. The zero-order valence-electron chi connectivity index (χ0n) is 8.08. The number of hydrogen-bond donors (Lipinski definition) is 0. The number of rotatable bonds is 3. The van der Waals surface area contributed by atoms with E-state index in [4.69, 9.17) is 16.3 Å². The van der Waals surface area contributed by atoms with E-state index >= 15 is 0 Å². The summed E-state index contributed by atoms with van der Waals surface area (Å²) in [6.07, 6.45) is 8.77. The first kappa shape index (κ1) is 9.78. The van der Waals surface area contributed by atoms with E-state index in [1.807, 2.05) is 6.07 Å². The fourth-order valence-electron chi connectivity index (χ4n) is 1.81. The summed E-state index contributed by atoms with van der Waals surface area (Å²) in [5.74, 6) is 1.35. The fourth-order valence-corrected chi connectivity index (χ4v) is 2.03. The van der Waals surface area contributed by atoms with Crippen molar-refractivity contribution in [2.24, 2.45) is 0 Å². The first-order chi connectivity index (χ1) is 6.90. The molecule has 1 aromatic rings. The van der Waals surface area contributed by atoms with Crippen LogP contribution in [0.5, 0.6) is 5.75 Å². The Kier molecular flexibility index (Phi) is 3.25. The van der Waals surface area contributed by atoms with Gasteiger partial charge in [-0.25, -0.2) is 0 Å². The number of pyridine rings is 1. The van der Waals surface area contributed by atoms with E-state index in [-0.39, 0.29) is 0 Å². The highest BCUT2D eigenvalue weighted by molar-refractivity contribution is 6.17. The van der Waals surface area contributed by atoms with Crippen molar-refractivity contribution in [3.05, 3.63) is 24.0 Å². The lowest BCUT2D eigenvalue weighted by Gasteiger charge is -2.14. The largest absolute Gasteiger partial charge is 0.488 e. The van der Waals surface area contributed by atoms with Crippen molar-refractivity contribution in [2.75, 3.05) is 0 Å². The van der Waals surface area contributed by atoms with Crippen molar-refractivity contribution in [3.8, 4) is 5.75 Å². The Labute approximate surface area is 89.3 Å². The highest BCUT2D eigenvalue weighted by Crippen LogP contribution is 2.26. The molecule has 76 valence electrons. The van der Waals surface area contributed by atoms with Gasteiger partial charge in [0.05, 0.1) is 18.2 Å². The monoisotopic (exact) mass is 211 g/mol. The van der Waals surface area contributed by atoms with Crippen LogP contribution in [-0.4, -0.2) is 11.1 Å². The molecule has 0 radical (unpaired) electrons. The summed E-state index contributed by atoms with van der Waals surface area (Å²) in [4.78, 5) is 4.05. The van der Waals surface area contributed by atoms with Gasteiger partial charge in [0, 0.05) is 11.8 Å². The maximum Gasteiger partial charge on any atom is 0.142 e. The lowest BCUT2D eigenvalue weighted by molar-refractivity contribution is 0.207. The summed E-state index contributed by atoms with van der Waals surface area (Å²) in [6, 6.07) is 1.91. The average molecular weight is 212 g/mol. The third kappa shape index (κ3) is 2.18. The van der Waals surface area contributed by atoms with E-state index < -0.39 is 0 Å². The zero-order chi connectivity index (χ0) is 9.80. The van der Waals surface area contributed by atoms with Gasteiger partial charge in [-0.15, -0.1) is 11.6 Å². The molecule has 2 nitrogen and oxygen atoms in total. The lowest BCUT2D eigenvalue weighted by Crippen LogP contribution is -2.12. The summed E-state index contributed by atoms with van der Waals surface area (Å²) < 4.78 is 5.85. The minimum atomic E-state index is 0.376. The van der Waals surface area contributed by atoms with E-state index in [0.717, 1.165) is 24.2 Å². The van der Waals surface area contributed by atoms with Crippen molar-refractivity contribution in [2.45, 2.75) is 37.7 Å². The van der Waals surface area contributed by atoms with Crippen LogP contribution < -0.4 is 4.74 Å². The molecule has 0 aromatic carbocycles. The third-order valence-corrected chi connectivity index (χ3v) is 2.90. The molecule has 0 atom stereocenters. The summed E-state index contributed by atoms with van der Waals surface area (Å²) >= 11 is 5.81. The summed E-state index contributed by atoms with van der Waals surface area (Å²) in [5.41, 5.74) is 1.04. The normalized spacial score (nSPS) is 17.2. The number of ether oxygens (including phenoxy) is 1. The van der Waals surface area contributed by atoms with Crippen LogP contribution in [-0.2, 0) is 5.88 Å². The number of aromatic nitrogens is 1. The standard InChI is InChI=1S/C11H14ClNO/c12-7-9-5-6-13-8-11(9)14-10-3-1-2-4-10/h5-6,8,10H,1-4,7H2. The molecule has 0 N–H and O–H groups in total. The predicted molar refractivity (Wildman–Crippen MR) is 56.7 cm³/mol. The Balaban J connectivity index is 2.07. The van der Waals surface area contributed by atoms with E-state index in [1.165, 1.54) is 12.8 Å². The molecule has 1 fully saturated rings. The number of alkyl halides is 1. The topological polar surface area (TPSA) is 22.1 Å². The second kappa shape index (κ2) is 4.65. The maximum absolute atomic E-state index is 5.85. The molecule has 1 aromatic heterocycles. The molecule has 2 rings (SSSR count). The molecule has 0 bridgehead atoms. The van der Waals surface area contributed by atoms with Crippen LogP contribution in [0.3, 0.4) is 0 Å². The van der Waals surface area contributed by atoms with Gasteiger partial charge in [0.15, 0.2) is 0 Å². The van der Waals surface area contributed by atoms with Crippen LogP contribution in [0.4, 0.5) is 0 Å². The van der Waals surface area contributed by atoms with Gasteiger partial charge in [0.1, 0.15) is 5.75 Å². The Morgan fingerprint density at radius 1 is 1.43 bits per heavy atom. The van der Waals surface area contributed by atoms with Gasteiger partial charge >= 0.3 is 0 Å². The fraction of sp³-hybridized carbons (Fsp3) is 0.545. The van der Waals surface area contributed by atoms with Gasteiger partial charge in [-0.3, -0.25) is 4.98 Å². The smallest absolute Gasteiger partial charge is 0.142 e. The molecule has 0 spiro atoms. The zero-order valence-corrected chi connectivity index (χ0v) is 8.83. The van der Waals surface area contributed by atoms with Crippen LogP contribution in [0, 0.1) is 0 Å². The van der Waals surface area contributed by atoms with E-state index in [9.17, 15) is 0 Å². The summed E-state index contributed by atoms with van der Waals surface area (Å²) in [5, 5.41) is 0. The molecule has 1 saturated carbocycles. The van der Waals surface area contributed by atoms with Gasteiger partial charge in [-0.2, -0.15) is 0 Å². The van der Waals surface area contributed by atoms with Crippen molar-refractivity contribution in [1.82, 2.24) is 4.98 Å². The Hall–Kier alpha value is -0.760. The molecule has 0 amide bonds. The van der Waals surface area contributed by atoms with Crippen LogP contribution >= 0.6 is 11.6 Å². The molecular formula is C11H14ClNO. The van der Waals surface area contributed by atoms with E-state index in [1.54, 1.807) is 12.4 Å². The maximum atomic E-state index is 5.85. The summed E-state index contributed by atoms with van der Waals surface area (Å²) in [7, 11) is 0. The van der Waals surface area contributed by atoms with E-state index in [2.05, 4.69) is 4.98 Å². The third-order valence-electron chi connectivity index (χ3n) is 2.61. The van der Waals surface area contributed by atoms with Gasteiger partial charge in [-0.05, 0) is 31.7 Å². The lowest BCUT2D eigenvalue weighted by atomic mass is 10.2. The molecule has 0 saturated heterocycles. The Bertz CT molecular complexity index is 297. The molecule has 14 heavy (non-hydrogen) atoms. The van der Waals surface area contributed by atoms with Gasteiger partial charge < -0.3 is 4.74 Å². The number of nitrogens with zero attached hydrogens (tertiary/aromatic N) is 1. The van der Waals surface area contributed by atoms with Crippen LogP contribution in [0.1, 0.15) is 31.2 Å². The minimum Gasteiger partial charge on any atom is -0.488 e. The van der Waals surface area contributed by atoms with Gasteiger partial charge in [0.25, 0.3) is 0 Å². The Morgan fingerprint density at radius 2 is 2.21 bits per heavy atom. The van der Waals surface area contributed by atoms with E-state index in [0.29, 0.717) is 12.0 Å². The quantitative estimate of drug-likeness (QED) is 0.717. The second-order valence-corrected chi connectivity index (χ2v) is 3.91. The molecule has 1 heterocycles. The van der Waals surface area contributed by atoms with Crippen molar-refractivity contribution in [3.63, 3.8) is 0 Å². The van der Waals surface area contributed by atoms with Crippen molar-refractivity contribution in [1.29, 1.82) is 0 Å². The minimum absolute atomic E-state index is 0.376. The highest BCUT2D eigenvalue weighted by Gasteiger charge is 2.17. The predicted octanol–water partition coefficient (Wildman–Crippen LogP) is 3.14.